The average molecular weight is 426 g/mol. The summed E-state index contributed by atoms with van der Waals surface area (Å²) in [6, 6.07) is 13.9. The maximum absolute atomic E-state index is 6.62. The van der Waals surface area contributed by atoms with Gasteiger partial charge in [-0.3, -0.25) is 4.98 Å². The van der Waals surface area contributed by atoms with Gasteiger partial charge in [-0.2, -0.15) is 0 Å². The lowest BCUT2D eigenvalue weighted by molar-refractivity contribution is 0.299. The first-order chi connectivity index (χ1) is 14.2. The highest BCUT2D eigenvalue weighted by molar-refractivity contribution is 6.38. The van der Waals surface area contributed by atoms with Crippen molar-refractivity contribution in [3.05, 3.63) is 70.0 Å². The van der Waals surface area contributed by atoms with E-state index in [9.17, 15) is 0 Å². The molecule has 5 rings (SSSR count). The zero-order valence-corrected chi connectivity index (χ0v) is 17.4. The van der Waals surface area contributed by atoms with Crippen molar-refractivity contribution in [1.82, 2.24) is 14.9 Å². The van der Waals surface area contributed by atoms with Crippen LogP contribution in [0.3, 0.4) is 0 Å². The van der Waals surface area contributed by atoms with Crippen LogP contribution < -0.4 is 10.1 Å². The van der Waals surface area contributed by atoms with Crippen molar-refractivity contribution in [3.8, 4) is 5.75 Å². The Balaban J connectivity index is 1.45. The molecule has 1 aliphatic rings. The Labute approximate surface area is 179 Å². The molecule has 0 atom stereocenters. The molecule has 0 bridgehead atoms. The van der Waals surface area contributed by atoms with Crippen LogP contribution in [-0.4, -0.2) is 29.2 Å². The van der Waals surface area contributed by atoms with Crippen LogP contribution in [0.2, 0.25) is 10.0 Å². The number of pyridine rings is 1. The van der Waals surface area contributed by atoms with Gasteiger partial charge >= 0.3 is 0 Å². The molecule has 0 radical (unpaired) electrons. The van der Waals surface area contributed by atoms with Gasteiger partial charge in [0.05, 0.1) is 22.6 Å². The molecule has 0 spiro atoms. The third kappa shape index (κ3) is 3.57. The summed E-state index contributed by atoms with van der Waals surface area (Å²) in [6.45, 7) is 3.22. The standard InChI is InChI=1S/C23H21Cl2N3O/c24-16-12-19-18-5-8-26-9-6-22(18)28(23(19)20(25)13-16)10-11-29-17-4-3-15-2-1-7-27-21(15)14-17/h1-4,7,12-14,26H,5-6,8-11H2. The molecule has 0 amide bonds. The third-order valence-electron chi connectivity index (χ3n) is 5.55. The SMILES string of the molecule is Clc1cc(Cl)c2c(c1)c1c(n2CCOc2ccc3cccnc3c2)CCNCC1. The minimum absolute atomic E-state index is 0.556. The van der Waals surface area contributed by atoms with E-state index in [0.717, 1.165) is 60.0 Å². The first-order valence-corrected chi connectivity index (χ1v) is 10.6. The highest BCUT2D eigenvalue weighted by Gasteiger charge is 2.21. The Bertz CT molecular complexity index is 1200. The summed E-state index contributed by atoms with van der Waals surface area (Å²) in [5, 5.41) is 7.13. The molecule has 2 aromatic heterocycles. The molecule has 6 heteroatoms. The van der Waals surface area contributed by atoms with Crippen molar-refractivity contribution in [2.24, 2.45) is 0 Å². The predicted molar refractivity (Wildman–Crippen MR) is 119 cm³/mol. The number of hydrogen-bond donors (Lipinski definition) is 1. The van der Waals surface area contributed by atoms with E-state index in [0.29, 0.717) is 16.7 Å². The van der Waals surface area contributed by atoms with E-state index in [4.69, 9.17) is 27.9 Å². The van der Waals surface area contributed by atoms with E-state index >= 15 is 0 Å². The fourth-order valence-corrected chi connectivity index (χ4v) is 4.87. The number of fused-ring (bicyclic) bond motifs is 4. The number of nitrogens with zero attached hydrogens (tertiary/aromatic N) is 2. The van der Waals surface area contributed by atoms with E-state index in [1.807, 2.05) is 36.4 Å². The Morgan fingerprint density at radius 1 is 1.07 bits per heavy atom. The molecule has 0 aliphatic carbocycles. The van der Waals surface area contributed by atoms with Crippen LogP contribution in [0.15, 0.2) is 48.7 Å². The van der Waals surface area contributed by atoms with Crippen LogP contribution in [0.5, 0.6) is 5.75 Å². The number of ether oxygens (including phenoxy) is 1. The number of nitrogens with one attached hydrogen (secondary N) is 1. The molecule has 0 saturated heterocycles. The summed E-state index contributed by atoms with van der Waals surface area (Å²) in [5.74, 6) is 0.828. The highest BCUT2D eigenvalue weighted by Crippen LogP contribution is 2.35. The van der Waals surface area contributed by atoms with Crippen molar-refractivity contribution in [2.45, 2.75) is 19.4 Å². The quantitative estimate of drug-likeness (QED) is 0.484. The Kier molecular flexibility index (Phi) is 5.08. The topological polar surface area (TPSA) is 39.1 Å². The molecule has 4 aromatic rings. The van der Waals surface area contributed by atoms with Gasteiger partial charge in [0.15, 0.2) is 0 Å². The maximum atomic E-state index is 6.62. The molecule has 2 aromatic carbocycles. The summed E-state index contributed by atoms with van der Waals surface area (Å²) in [5.41, 5.74) is 4.68. The second kappa shape index (κ2) is 7.86. The molecule has 1 aliphatic heterocycles. The third-order valence-corrected chi connectivity index (χ3v) is 6.06. The van der Waals surface area contributed by atoms with Crippen LogP contribution in [0.1, 0.15) is 11.3 Å². The minimum atomic E-state index is 0.556. The smallest absolute Gasteiger partial charge is 0.121 e. The summed E-state index contributed by atoms with van der Waals surface area (Å²) >= 11 is 12.9. The second-order valence-electron chi connectivity index (χ2n) is 7.32. The van der Waals surface area contributed by atoms with Crippen molar-refractivity contribution in [2.75, 3.05) is 19.7 Å². The number of halogens is 2. The summed E-state index contributed by atoms with van der Waals surface area (Å²) in [7, 11) is 0. The maximum Gasteiger partial charge on any atom is 0.121 e. The summed E-state index contributed by atoms with van der Waals surface area (Å²) < 4.78 is 8.39. The van der Waals surface area contributed by atoms with Gasteiger partial charge in [-0.05, 0) is 48.9 Å². The Morgan fingerprint density at radius 3 is 2.90 bits per heavy atom. The largest absolute Gasteiger partial charge is 0.492 e. The van der Waals surface area contributed by atoms with Gasteiger partial charge in [0, 0.05) is 46.7 Å². The number of rotatable bonds is 4. The minimum Gasteiger partial charge on any atom is -0.492 e. The highest BCUT2D eigenvalue weighted by atomic mass is 35.5. The van der Waals surface area contributed by atoms with Gasteiger partial charge in [0.25, 0.3) is 0 Å². The molecule has 1 N–H and O–H groups in total. The molecular weight excluding hydrogens is 405 g/mol. The van der Waals surface area contributed by atoms with Gasteiger partial charge in [-0.25, -0.2) is 0 Å². The number of hydrogen-bond acceptors (Lipinski definition) is 3. The van der Waals surface area contributed by atoms with Gasteiger partial charge < -0.3 is 14.6 Å². The van der Waals surface area contributed by atoms with Gasteiger partial charge in [-0.15, -0.1) is 0 Å². The monoisotopic (exact) mass is 425 g/mol. The summed E-state index contributed by atoms with van der Waals surface area (Å²) in [6.07, 6.45) is 3.75. The van der Waals surface area contributed by atoms with Crippen LogP contribution in [0.25, 0.3) is 21.8 Å². The molecular formula is C23H21Cl2N3O. The molecule has 4 nitrogen and oxygen atoms in total. The Hall–Kier alpha value is -2.27. The molecule has 148 valence electrons. The molecule has 0 saturated carbocycles. The van der Waals surface area contributed by atoms with Crippen molar-refractivity contribution in [3.63, 3.8) is 0 Å². The van der Waals surface area contributed by atoms with Crippen LogP contribution in [0, 0.1) is 0 Å². The van der Waals surface area contributed by atoms with Crippen molar-refractivity contribution >= 4 is 45.0 Å². The first-order valence-electron chi connectivity index (χ1n) is 9.88. The van der Waals surface area contributed by atoms with E-state index in [2.05, 4.69) is 20.9 Å². The fourth-order valence-electron chi connectivity index (χ4n) is 4.27. The average Bonchev–Trinajstić information content (AvgIpc) is 2.87. The number of benzene rings is 2. The van der Waals surface area contributed by atoms with E-state index < -0.39 is 0 Å². The zero-order chi connectivity index (χ0) is 19.8. The summed E-state index contributed by atoms with van der Waals surface area (Å²) in [4.78, 5) is 4.41. The van der Waals surface area contributed by atoms with Gasteiger partial charge in [0.1, 0.15) is 12.4 Å². The van der Waals surface area contributed by atoms with Gasteiger partial charge in [-0.1, -0.05) is 29.3 Å². The first kappa shape index (κ1) is 18.7. The number of aromatic nitrogens is 2. The molecule has 29 heavy (non-hydrogen) atoms. The fraction of sp³-hybridized carbons (Fsp3) is 0.261. The Morgan fingerprint density at radius 2 is 1.97 bits per heavy atom. The zero-order valence-electron chi connectivity index (χ0n) is 15.9. The van der Waals surface area contributed by atoms with Crippen molar-refractivity contribution in [1.29, 1.82) is 0 Å². The second-order valence-corrected chi connectivity index (χ2v) is 8.16. The lowest BCUT2D eigenvalue weighted by Crippen LogP contribution is -2.18. The van der Waals surface area contributed by atoms with Crippen LogP contribution in [-0.2, 0) is 19.4 Å². The van der Waals surface area contributed by atoms with Crippen molar-refractivity contribution < 1.29 is 4.74 Å². The lowest BCUT2D eigenvalue weighted by Gasteiger charge is -2.13. The molecule has 0 fully saturated rings. The lowest BCUT2D eigenvalue weighted by atomic mass is 10.1. The van der Waals surface area contributed by atoms with E-state index in [1.54, 1.807) is 6.20 Å². The van der Waals surface area contributed by atoms with Crippen LogP contribution in [0.4, 0.5) is 0 Å². The predicted octanol–water partition coefficient (Wildman–Crippen LogP) is 5.26. The van der Waals surface area contributed by atoms with Gasteiger partial charge in [0.2, 0.25) is 0 Å². The molecule has 0 unspecified atom stereocenters. The molecule has 3 heterocycles. The normalized spacial score (nSPS) is 14.1. The van der Waals surface area contributed by atoms with E-state index in [-0.39, 0.29) is 0 Å². The van der Waals surface area contributed by atoms with E-state index in [1.165, 1.54) is 11.3 Å². The van der Waals surface area contributed by atoms with Crippen LogP contribution >= 0.6 is 23.2 Å².